The number of unbranched alkanes of at least 4 members (excludes halogenated alkanes) is 1. The largest absolute Gasteiger partial charge is 0.358 e. The highest BCUT2D eigenvalue weighted by Crippen LogP contribution is 2.42. The second kappa shape index (κ2) is 14.6. The summed E-state index contributed by atoms with van der Waals surface area (Å²) in [6.07, 6.45) is 4.93. The van der Waals surface area contributed by atoms with Gasteiger partial charge >= 0.3 is 17.9 Å². The van der Waals surface area contributed by atoms with Crippen molar-refractivity contribution < 1.29 is 34.3 Å². The van der Waals surface area contributed by atoms with Gasteiger partial charge in [-0.05, 0) is 35.5 Å². The van der Waals surface area contributed by atoms with E-state index in [2.05, 4.69) is 70.1 Å². The van der Waals surface area contributed by atoms with Gasteiger partial charge in [-0.2, -0.15) is 5.26 Å². The van der Waals surface area contributed by atoms with Crippen molar-refractivity contribution in [2.45, 2.75) is 115 Å². The van der Waals surface area contributed by atoms with Crippen LogP contribution < -0.4 is 0 Å². The monoisotopic (exact) mass is 474 g/mol. The van der Waals surface area contributed by atoms with Gasteiger partial charge in [-0.25, -0.2) is 24.2 Å². The minimum absolute atomic E-state index is 0.142. The van der Waals surface area contributed by atoms with Gasteiger partial charge in [0.25, 0.3) is 0 Å². The van der Waals surface area contributed by atoms with Gasteiger partial charge < -0.3 is 4.89 Å². The van der Waals surface area contributed by atoms with Gasteiger partial charge in [-0.15, -0.1) is 0 Å². The Hall–Kier alpha value is -1.63. The first-order valence-electron chi connectivity index (χ1n) is 12.0. The molecule has 0 aliphatic heterocycles. The molecular weight excluding hydrogens is 424 g/mol. The van der Waals surface area contributed by atoms with Crippen LogP contribution in [0.4, 0.5) is 0 Å². The van der Waals surface area contributed by atoms with Crippen LogP contribution >= 0.6 is 0 Å². The zero-order valence-corrected chi connectivity index (χ0v) is 23.2. The first-order valence-corrected chi connectivity index (χ1v) is 12.0. The lowest BCUT2D eigenvalue weighted by molar-refractivity contribution is -0.263. The van der Waals surface area contributed by atoms with Crippen LogP contribution in [0.15, 0.2) is 0 Å². The molecule has 0 aromatic rings. The first kappa shape index (κ1) is 33.5. The van der Waals surface area contributed by atoms with Gasteiger partial charge in [-0.1, -0.05) is 95.9 Å². The summed E-state index contributed by atoms with van der Waals surface area (Å²) in [5.41, 5.74) is 0.288. The zero-order chi connectivity index (χ0) is 26.6. The predicted octanol–water partition coefficient (Wildman–Crippen LogP) is 6.99. The van der Waals surface area contributed by atoms with Gasteiger partial charge in [0, 0.05) is 0 Å². The lowest BCUT2D eigenvalue weighted by Crippen LogP contribution is -2.35. The Kier molecular flexibility index (Phi) is 14.8. The normalized spacial score (nSPS) is 13.2. The summed E-state index contributed by atoms with van der Waals surface area (Å²) in [4.78, 5) is 46.1. The third kappa shape index (κ3) is 17.5. The molecule has 0 fully saturated rings. The van der Waals surface area contributed by atoms with E-state index in [-0.39, 0.29) is 28.6 Å². The molecule has 0 aromatic heterocycles. The van der Waals surface area contributed by atoms with Gasteiger partial charge in [0.1, 0.15) is 0 Å². The molecule has 0 aromatic carbocycles. The molecule has 7 nitrogen and oxygen atoms in total. The summed E-state index contributed by atoms with van der Waals surface area (Å²) < 4.78 is 0. The molecule has 0 heterocycles. The van der Waals surface area contributed by atoms with Crippen LogP contribution in [0.3, 0.4) is 0 Å². The maximum absolute atomic E-state index is 12.0. The molecular formula is C26H50O7. The quantitative estimate of drug-likeness (QED) is 0.218. The molecule has 1 atom stereocenters. The van der Waals surface area contributed by atoms with Crippen molar-refractivity contribution >= 4 is 17.9 Å². The van der Waals surface area contributed by atoms with E-state index in [0.717, 1.165) is 32.1 Å². The summed E-state index contributed by atoms with van der Waals surface area (Å²) in [6.45, 7) is 24.1. The van der Waals surface area contributed by atoms with Crippen LogP contribution in [0.1, 0.15) is 115 Å². The molecule has 0 rings (SSSR count). The Morgan fingerprint density at radius 2 is 1.12 bits per heavy atom. The number of rotatable bonds is 9. The summed E-state index contributed by atoms with van der Waals surface area (Å²) in [5, 5.41) is 8.80. The van der Waals surface area contributed by atoms with E-state index in [1.165, 1.54) is 0 Å². The third-order valence-electron chi connectivity index (χ3n) is 5.12. The molecule has 1 N–H and O–H groups in total. The van der Waals surface area contributed by atoms with Crippen molar-refractivity contribution in [1.82, 2.24) is 0 Å². The van der Waals surface area contributed by atoms with Crippen molar-refractivity contribution in [3.8, 4) is 0 Å². The van der Waals surface area contributed by atoms with Crippen LogP contribution in [0.25, 0.3) is 0 Å². The van der Waals surface area contributed by atoms with Gasteiger partial charge in [0.15, 0.2) is 0 Å². The number of hydrogen-bond acceptors (Lipinski definition) is 7. The van der Waals surface area contributed by atoms with E-state index in [9.17, 15) is 14.4 Å². The minimum Gasteiger partial charge on any atom is -0.301 e. The molecule has 0 spiro atoms. The van der Waals surface area contributed by atoms with E-state index < -0.39 is 17.9 Å². The Labute approximate surface area is 201 Å². The van der Waals surface area contributed by atoms with E-state index >= 15 is 0 Å². The summed E-state index contributed by atoms with van der Waals surface area (Å²) in [7, 11) is 0. The Morgan fingerprint density at radius 1 is 0.697 bits per heavy atom. The maximum Gasteiger partial charge on any atom is 0.358 e. The van der Waals surface area contributed by atoms with E-state index in [1.807, 2.05) is 0 Å². The molecule has 196 valence electrons. The summed E-state index contributed by atoms with van der Waals surface area (Å²) in [6, 6.07) is 0. The van der Waals surface area contributed by atoms with Crippen molar-refractivity contribution in [3.05, 3.63) is 0 Å². The number of carbonyl (C=O) groups excluding carboxylic acids is 3. The highest BCUT2D eigenvalue weighted by molar-refractivity contribution is 5.74. The maximum atomic E-state index is 12.0. The molecule has 0 radical (unpaired) electrons. The topological polar surface area (TPSA) is 99.1 Å². The summed E-state index contributed by atoms with van der Waals surface area (Å²) >= 11 is 0. The Bertz CT molecular complexity index is 573. The highest BCUT2D eigenvalue weighted by atomic mass is 17.2. The van der Waals surface area contributed by atoms with Crippen LogP contribution in [-0.2, 0) is 29.0 Å². The molecule has 0 bridgehead atoms. The van der Waals surface area contributed by atoms with E-state index in [0.29, 0.717) is 5.41 Å². The minimum atomic E-state index is -0.538. The van der Waals surface area contributed by atoms with Crippen LogP contribution in [0.5, 0.6) is 0 Å². The van der Waals surface area contributed by atoms with Crippen LogP contribution in [0.2, 0.25) is 0 Å². The molecule has 1 unspecified atom stereocenters. The van der Waals surface area contributed by atoms with E-state index in [4.69, 9.17) is 5.26 Å². The first-order chi connectivity index (χ1) is 14.7. The lowest BCUT2D eigenvalue weighted by Gasteiger charge is -2.37. The second-order valence-electron chi connectivity index (χ2n) is 12.6. The third-order valence-corrected chi connectivity index (χ3v) is 5.12. The van der Waals surface area contributed by atoms with Crippen molar-refractivity contribution in [1.29, 1.82) is 0 Å². The molecule has 0 aliphatic carbocycles. The predicted molar refractivity (Wildman–Crippen MR) is 130 cm³/mol. The van der Waals surface area contributed by atoms with Gasteiger partial charge in [0.2, 0.25) is 0 Å². The van der Waals surface area contributed by atoms with Crippen molar-refractivity contribution in [2.75, 3.05) is 0 Å². The molecule has 0 saturated heterocycles. The lowest BCUT2D eigenvalue weighted by atomic mass is 9.67. The number of hydrogen-bond donors (Lipinski definition) is 1. The van der Waals surface area contributed by atoms with Crippen LogP contribution in [-0.4, -0.2) is 23.2 Å². The van der Waals surface area contributed by atoms with Gasteiger partial charge in [-0.3, -0.25) is 0 Å². The summed E-state index contributed by atoms with van der Waals surface area (Å²) in [5.74, 6) is -2.38. The molecule has 0 saturated carbocycles. The Morgan fingerprint density at radius 3 is 1.42 bits per heavy atom. The average Bonchev–Trinajstić information content (AvgIpc) is 2.62. The molecule has 0 amide bonds. The highest BCUT2D eigenvalue weighted by Gasteiger charge is 2.39. The number of carbonyl (C=O) groups is 3. The van der Waals surface area contributed by atoms with Crippen molar-refractivity contribution in [2.24, 2.45) is 34.0 Å². The zero-order valence-electron chi connectivity index (χ0n) is 23.2. The Balaban J connectivity index is 0. The molecule has 7 heteroatoms. The molecule has 0 aliphatic rings. The molecule has 33 heavy (non-hydrogen) atoms. The van der Waals surface area contributed by atoms with Gasteiger partial charge in [0.05, 0.1) is 17.8 Å². The second-order valence-corrected chi connectivity index (χ2v) is 12.6. The fraction of sp³-hybridized carbons (Fsp3) is 0.885. The average molecular weight is 475 g/mol. The standard InChI is InChI=1S/C18H36O3.C8H14O4/c1-16(2,3)12-10-9-11-14(15(19)21-20)18(7,8)13-17(4,5)6;1-5(2)7(9)11-12-8(10)6(3)4/h14,20H,9-13H2,1-8H3;5-6H,1-4H3. The van der Waals surface area contributed by atoms with Crippen molar-refractivity contribution in [3.63, 3.8) is 0 Å². The SMILES string of the molecule is CC(C)(C)CCCCC(C(=O)OO)C(C)(C)CC(C)(C)C.CC(C)C(=O)OOC(=O)C(C)C. The fourth-order valence-corrected chi connectivity index (χ4v) is 3.66. The fourth-order valence-electron chi connectivity index (χ4n) is 3.66. The smallest absolute Gasteiger partial charge is 0.301 e. The van der Waals surface area contributed by atoms with E-state index in [1.54, 1.807) is 27.7 Å². The van der Waals surface area contributed by atoms with Crippen LogP contribution in [0, 0.1) is 34.0 Å².